The molecule has 0 unspecified atom stereocenters. The van der Waals surface area contributed by atoms with Gasteiger partial charge in [0.2, 0.25) is 0 Å². The number of benzene rings is 1. The second-order valence-corrected chi connectivity index (χ2v) is 5.35. The minimum atomic E-state index is -0.144. The highest BCUT2D eigenvalue weighted by molar-refractivity contribution is 5.95. The molecular formula is C14H20N2O2. The van der Waals surface area contributed by atoms with Crippen LogP contribution in [0.3, 0.4) is 0 Å². The summed E-state index contributed by atoms with van der Waals surface area (Å²) in [7, 11) is 0. The molecule has 0 radical (unpaired) electrons. The summed E-state index contributed by atoms with van der Waals surface area (Å²) >= 11 is 0. The molecule has 0 aromatic heterocycles. The van der Waals surface area contributed by atoms with Gasteiger partial charge in [-0.1, -0.05) is 19.3 Å². The third-order valence-electron chi connectivity index (χ3n) is 3.67. The summed E-state index contributed by atoms with van der Waals surface area (Å²) in [5.74, 6) is -0.189. The summed E-state index contributed by atoms with van der Waals surface area (Å²) in [5, 5.41) is 12.6. The molecule has 0 atom stereocenters. The summed E-state index contributed by atoms with van der Waals surface area (Å²) in [4.78, 5) is 12.1. The molecule has 18 heavy (non-hydrogen) atoms. The van der Waals surface area contributed by atoms with Crippen LogP contribution in [0, 0.1) is 0 Å². The molecule has 1 amide bonds. The fourth-order valence-corrected chi connectivity index (χ4v) is 2.49. The lowest BCUT2D eigenvalue weighted by Crippen LogP contribution is -2.47. The third kappa shape index (κ3) is 2.75. The Balaban J connectivity index is 2.09. The van der Waals surface area contributed by atoms with E-state index in [0.717, 1.165) is 25.7 Å². The molecule has 0 spiro atoms. The molecule has 1 saturated carbocycles. The van der Waals surface area contributed by atoms with Gasteiger partial charge in [0.1, 0.15) is 5.75 Å². The van der Waals surface area contributed by atoms with Gasteiger partial charge >= 0.3 is 0 Å². The first-order valence-corrected chi connectivity index (χ1v) is 6.41. The van der Waals surface area contributed by atoms with Crippen molar-refractivity contribution in [2.45, 2.75) is 44.6 Å². The second kappa shape index (κ2) is 4.88. The van der Waals surface area contributed by atoms with Gasteiger partial charge in [0.05, 0.1) is 5.69 Å². The minimum Gasteiger partial charge on any atom is -0.506 e. The zero-order chi connectivity index (χ0) is 13.2. The van der Waals surface area contributed by atoms with E-state index in [1.807, 2.05) is 0 Å². The number of carbonyl (C=O) groups is 1. The van der Waals surface area contributed by atoms with E-state index < -0.39 is 0 Å². The molecule has 1 aromatic rings. The summed E-state index contributed by atoms with van der Waals surface area (Å²) in [6.45, 7) is 2.08. The number of hydrogen-bond donors (Lipinski definition) is 3. The van der Waals surface area contributed by atoms with Crippen molar-refractivity contribution in [3.05, 3.63) is 23.8 Å². The fraction of sp³-hybridized carbons (Fsp3) is 0.500. The molecule has 0 bridgehead atoms. The van der Waals surface area contributed by atoms with Crippen molar-refractivity contribution in [3.63, 3.8) is 0 Å². The Kier molecular flexibility index (Phi) is 3.45. The van der Waals surface area contributed by atoms with Crippen molar-refractivity contribution in [1.82, 2.24) is 5.32 Å². The maximum absolute atomic E-state index is 12.1. The van der Waals surface area contributed by atoms with Crippen LogP contribution in [0.1, 0.15) is 49.4 Å². The monoisotopic (exact) mass is 248 g/mol. The zero-order valence-electron chi connectivity index (χ0n) is 10.7. The molecular weight excluding hydrogens is 228 g/mol. The standard InChI is InChI=1S/C14H20N2O2/c1-14(7-3-2-4-8-14)16-13(18)10-5-6-11(15)12(17)9-10/h5-6,9,17H,2-4,7-8,15H2,1H3,(H,16,18). The zero-order valence-corrected chi connectivity index (χ0v) is 10.7. The number of nitrogens with one attached hydrogen (secondary N) is 1. The van der Waals surface area contributed by atoms with E-state index in [9.17, 15) is 9.90 Å². The van der Waals surface area contributed by atoms with Crippen molar-refractivity contribution in [3.8, 4) is 5.75 Å². The number of hydrogen-bond acceptors (Lipinski definition) is 3. The van der Waals surface area contributed by atoms with E-state index in [4.69, 9.17) is 5.73 Å². The van der Waals surface area contributed by atoms with Gasteiger partial charge in [-0.2, -0.15) is 0 Å². The van der Waals surface area contributed by atoms with Gasteiger partial charge in [0.15, 0.2) is 0 Å². The van der Waals surface area contributed by atoms with Crippen molar-refractivity contribution >= 4 is 11.6 Å². The Bertz CT molecular complexity index is 451. The van der Waals surface area contributed by atoms with E-state index in [0.29, 0.717) is 5.56 Å². The van der Waals surface area contributed by atoms with E-state index in [-0.39, 0.29) is 22.9 Å². The highest BCUT2D eigenvalue weighted by atomic mass is 16.3. The van der Waals surface area contributed by atoms with Crippen LogP contribution in [0.4, 0.5) is 5.69 Å². The molecule has 0 saturated heterocycles. The van der Waals surface area contributed by atoms with Crippen LogP contribution in [-0.4, -0.2) is 16.6 Å². The molecule has 1 fully saturated rings. The Hall–Kier alpha value is -1.71. The van der Waals surface area contributed by atoms with E-state index in [1.54, 1.807) is 12.1 Å². The molecule has 0 aliphatic heterocycles. The largest absolute Gasteiger partial charge is 0.506 e. The molecule has 2 rings (SSSR count). The van der Waals surface area contributed by atoms with Gasteiger partial charge < -0.3 is 16.2 Å². The first-order chi connectivity index (χ1) is 8.50. The lowest BCUT2D eigenvalue weighted by atomic mass is 9.83. The second-order valence-electron chi connectivity index (χ2n) is 5.35. The quantitative estimate of drug-likeness (QED) is 0.556. The molecule has 4 nitrogen and oxygen atoms in total. The van der Waals surface area contributed by atoms with Crippen LogP contribution >= 0.6 is 0 Å². The Labute approximate surface area is 107 Å². The van der Waals surface area contributed by atoms with Crippen molar-refractivity contribution in [2.75, 3.05) is 5.73 Å². The van der Waals surface area contributed by atoms with Gasteiger partial charge in [0.25, 0.3) is 5.91 Å². The molecule has 1 aromatic carbocycles. The molecule has 1 aliphatic carbocycles. The van der Waals surface area contributed by atoms with Gasteiger partial charge in [0, 0.05) is 11.1 Å². The summed E-state index contributed by atoms with van der Waals surface area (Å²) in [6, 6.07) is 4.60. The number of amides is 1. The fourth-order valence-electron chi connectivity index (χ4n) is 2.49. The Morgan fingerprint density at radius 1 is 1.33 bits per heavy atom. The molecule has 4 heteroatoms. The molecule has 98 valence electrons. The first-order valence-electron chi connectivity index (χ1n) is 6.41. The average Bonchev–Trinajstić information content (AvgIpc) is 2.33. The SMILES string of the molecule is CC1(NC(=O)c2ccc(N)c(O)c2)CCCCC1. The summed E-state index contributed by atoms with van der Waals surface area (Å²) < 4.78 is 0. The van der Waals surface area contributed by atoms with Crippen LogP contribution in [0.15, 0.2) is 18.2 Å². The van der Waals surface area contributed by atoms with Crippen molar-refractivity contribution < 1.29 is 9.90 Å². The Morgan fingerprint density at radius 3 is 2.61 bits per heavy atom. The lowest BCUT2D eigenvalue weighted by molar-refractivity contribution is 0.0882. The molecule has 0 heterocycles. The van der Waals surface area contributed by atoms with Crippen LogP contribution in [0.25, 0.3) is 0 Å². The molecule has 4 N–H and O–H groups in total. The van der Waals surface area contributed by atoms with E-state index >= 15 is 0 Å². The number of phenols is 1. The summed E-state index contributed by atoms with van der Waals surface area (Å²) in [5.41, 5.74) is 6.14. The smallest absolute Gasteiger partial charge is 0.251 e. The van der Waals surface area contributed by atoms with Gasteiger partial charge in [-0.15, -0.1) is 0 Å². The molecule has 1 aliphatic rings. The van der Waals surface area contributed by atoms with E-state index in [2.05, 4.69) is 12.2 Å². The average molecular weight is 248 g/mol. The summed E-state index contributed by atoms with van der Waals surface area (Å²) in [6.07, 6.45) is 5.58. The number of nitrogens with two attached hydrogens (primary N) is 1. The van der Waals surface area contributed by atoms with Crippen LogP contribution in [-0.2, 0) is 0 Å². The number of phenolic OH excluding ortho intramolecular Hbond substituents is 1. The lowest BCUT2D eigenvalue weighted by Gasteiger charge is -2.34. The number of anilines is 1. The van der Waals surface area contributed by atoms with Crippen LogP contribution in [0.5, 0.6) is 5.75 Å². The normalized spacial score (nSPS) is 18.3. The van der Waals surface area contributed by atoms with Crippen molar-refractivity contribution in [2.24, 2.45) is 0 Å². The highest BCUT2D eigenvalue weighted by Crippen LogP contribution is 2.28. The minimum absolute atomic E-state index is 0.0450. The van der Waals surface area contributed by atoms with E-state index in [1.165, 1.54) is 12.5 Å². The van der Waals surface area contributed by atoms with Gasteiger partial charge in [-0.3, -0.25) is 4.79 Å². The Morgan fingerprint density at radius 2 is 2.00 bits per heavy atom. The maximum atomic E-state index is 12.1. The topological polar surface area (TPSA) is 75.4 Å². The highest BCUT2D eigenvalue weighted by Gasteiger charge is 2.28. The maximum Gasteiger partial charge on any atom is 0.251 e. The van der Waals surface area contributed by atoms with Crippen molar-refractivity contribution in [1.29, 1.82) is 0 Å². The first kappa shape index (κ1) is 12.7. The van der Waals surface area contributed by atoms with Gasteiger partial charge in [-0.25, -0.2) is 0 Å². The third-order valence-corrected chi connectivity index (χ3v) is 3.67. The predicted octanol–water partition coefficient (Wildman–Crippen LogP) is 2.43. The number of carbonyl (C=O) groups excluding carboxylic acids is 1. The number of rotatable bonds is 2. The predicted molar refractivity (Wildman–Crippen MR) is 71.5 cm³/mol. The van der Waals surface area contributed by atoms with Gasteiger partial charge in [-0.05, 0) is 38.0 Å². The number of nitrogen functional groups attached to an aromatic ring is 1. The number of aromatic hydroxyl groups is 1. The van der Waals surface area contributed by atoms with Crippen LogP contribution < -0.4 is 11.1 Å². The van der Waals surface area contributed by atoms with Crippen LogP contribution in [0.2, 0.25) is 0 Å².